The smallest absolute Gasteiger partial charge is 0.262 e. The molecule has 0 fully saturated rings. The van der Waals surface area contributed by atoms with Gasteiger partial charge in [0.25, 0.3) is 5.91 Å². The van der Waals surface area contributed by atoms with Crippen LogP contribution < -0.4 is 20.7 Å². The van der Waals surface area contributed by atoms with E-state index in [0.717, 1.165) is 5.56 Å². The van der Waals surface area contributed by atoms with Crippen LogP contribution in [-0.4, -0.2) is 32.0 Å². The Morgan fingerprint density at radius 1 is 1.50 bits per heavy atom. The summed E-state index contributed by atoms with van der Waals surface area (Å²) in [6, 6.07) is 5.54. The third-order valence-electron chi connectivity index (χ3n) is 2.57. The summed E-state index contributed by atoms with van der Waals surface area (Å²) in [5.74, 6) is 0.451. The van der Waals surface area contributed by atoms with Crippen LogP contribution in [0, 0.1) is 0 Å². The summed E-state index contributed by atoms with van der Waals surface area (Å²) in [6.07, 6.45) is 0. The number of rotatable bonds is 4. The number of benzene rings is 1. The Bertz CT molecular complexity index is 474. The molecule has 0 radical (unpaired) electrons. The van der Waals surface area contributed by atoms with Crippen LogP contribution in [0.5, 0.6) is 5.75 Å². The van der Waals surface area contributed by atoms with E-state index in [0.29, 0.717) is 18.0 Å². The molecular formula is C12H15N3O3. The summed E-state index contributed by atoms with van der Waals surface area (Å²) in [7, 11) is 1.59. The molecule has 0 aliphatic carbocycles. The summed E-state index contributed by atoms with van der Waals surface area (Å²) in [5, 5.41) is 8.27. The van der Waals surface area contributed by atoms with Crippen molar-refractivity contribution in [3.05, 3.63) is 23.8 Å². The van der Waals surface area contributed by atoms with E-state index in [1.165, 1.54) is 0 Å². The van der Waals surface area contributed by atoms with Gasteiger partial charge in [0.15, 0.2) is 6.61 Å². The van der Waals surface area contributed by atoms with Gasteiger partial charge < -0.3 is 20.7 Å². The van der Waals surface area contributed by atoms with Gasteiger partial charge in [-0.25, -0.2) is 0 Å². The first-order chi connectivity index (χ1) is 8.69. The molecule has 0 atom stereocenters. The number of amides is 2. The average Bonchev–Trinajstić information content (AvgIpc) is 2.38. The number of carbonyl (C=O) groups excluding carboxylic acids is 2. The Morgan fingerprint density at radius 2 is 2.33 bits per heavy atom. The highest BCUT2D eigenvalue weighted by Crippen LogP contribution is 2.28. The summed E-state index contributed by atoms with van der Waals surface area (Å²) in [6.45, 7) is 0.869. The van der Waals surface area contributed by atoms with E-state index < -0.39 is 0 Å². The Labute approximate surface area is 105 Å². The summed E-state index contributed by atoms with van der Waals surface area (Å²) in [4.78, 5) is 22.2. The Balaban J connectivity index is 1.96. The topological polar surface area (TPSA) is 79.5 Å². The number of likely N-dealkylation sites (N-methyl/N-ethyl adjacent to an activating group) is 1. The van der Waals surface area contributed by atoms with Gasteiger partial charge in [0.05, 0.1) is 12.2 Å². The van der Waals surface area contributed by atoms with Crippen molar-refractivity contribution in [3.8, 4) is 5.75 Å². The molecule has 1 aromatic rings. The van der Waals surface area contributed by atoms with Crippen LogP contribution in [-0.2, 0) is 16.1 Å². The summed E-state index contributed by atoms with van der Waals surface area (Å²) < 4.78 is 5.25. The number of fused-ring (bicyclic) bond motifs is 1. The molecule has 18 heavy (non-hydrogen) atoms. The van der Waals surface area contributed by atoms with Gasteiger partial charge in [0, 0.05) is 13.6 Å². The second-order valence-corrected chi connectivity index (χ2v) is 3.94. The minimum absolute atomic E-state index is 0.0568. The molecule has 3 N–H and O–H groups in total. The van der Waals surface area contributed by atoms with Gasteiger partial charge in [-0.2, -0.15) is 0 Å². The van der Waals surface area contributed by atoms with Crippen LogP contribution in [0.25, 0.3) is 0 Å². The van der Waals surface area contributed by atoms with E-state index in [1.807, 2.05) is 18.2 Å². The number of hydrogen-bond donors (Lipinski definition) is 3. The molecule has 2 rings (SSSR count). The van der Waals surface area contributed by atoms with Crippen LogP contribution in [0.2, 0.25) is 0 Å². The molecule has 1 aliphatic rings. The fourth-order valence-electron chi connectivity index (χ4n) is 1.65. The molecule has 6 heteroatoms. The van der Waals surface area contributed by atoms with E-state index >= 15 is 0 Å². The highest BCUT2D eigenvalue weighted by atomic mass is 16.5. The van der Waals surface area contributed by atoms with Crippen molar-refractivity contribution < 1.29 is 14.3 Å². The van der Waals surface area contributed by atoms with E-state index in [9.17, 15) is 9.59 Å². The maximum Gasteiger partial charge on any atom is 0.262 e. The Hall–Kier alpha value is -2.08. The lowest BCUT2D eigenvalue weighted by Crippen LogP contribution is -2.31. The zero-order valence-electron chi connectivity index (χ0n) is 10.1. The van der Waals surface area contributed by atoms with Gasteiger partial charge in [-0.1, -0.05) is 6.07 Å². The highest BCUT2D eigenvalue weighted by Gasteiger charge is 2.15. The summed E-state index contributed by atoms with van der Waals surface area (Å²) in [5.41, 5.74) is 1.65. The number of nitrogens with one attached hydrogen (secondary N) is 3. The molecule has 96 valence electrons. The first kappa shape index (κ1) is 12.4. The molecule has 2 amide bonds. The standard InChI is InChI=1S/C12H15N3O3/c1-13-11(16)6-14-5-8-2-3-10-9(4-8)15-12(17)7-18-10/h2-4,14H,5-7H2,1H3,(H,13,16)(H,15,17). The second-order valence-electron chi connectivity index (χ2n) is 3.94. The van der Waals surface area contributed by atoms with Gasteiger partial charge in [-0.3, -0.25) is 9.59 Å². The van der Waals surface area contributed by atoms with Crippen molar-refractivity contribution in [2.24, 2.45) is 0 Å². The van der Waals surface area contributed by atoms with Gasteiger partial charge in [-0.05, 0) is 17.7 Å². The van der Waals surface area contributed by atoms with Crippen LogP contribution in [0.1, 0.15) is 5.56 Å². The van der Waals surface area contributed by atoms with Crippen molar-refractivity contribution >= 4 is 17.5 Å². The number of hydrogen-bond acceptors (Lipinski definition) is 4. The molecule has 1 aromatic carbocycles. The molecule has 0 bridgehead atoms. The predicted molar refractivity (Wildman–Crippen MR) is 66.3 cm³/mol. The molecule has 0 saturated carbocycles. The van der Waals surface area contributed by atoms with Crippen LogP contribution in [0.15, 0.2) is 18.2 Å². The SMILES string of the molecule is CNC(=O)CNCc1ccc2c(c1)NC(=O)CO2. The second kappa shape index (κ2) is 5.50. The molecule has 0 saturated heterocycles. The van der Waals surface area contributed by atoms with Crippen molar-refractivity contribution in [2.45, 2.75) is 6.54 Å². The molecular weight excluding hydrogens is 234 g/mol. The van der Waals surface area contributed by atoms with Gasteiger partial charge in [-0.15, -0.1) is 0 Å². The van der Waals surface area contributed by atoms with Crippen molar-refractivity contribution in [1.29, 1.82) is 0 Å². The molecule has 0 spiro atoms. The van der Waals surface area contributed by atoms with Crippen LogP contribution >= 0.6 is 0 Å². The lowest BCUT2D eigenvalue weighted by Gasteiger charge is -2.18. The quantitative estimate of drug-likeness (QED) is 0.693. The van der Waals surface area contributed by atoms with Gasteiger partial charge >= 0.3 is 0 Å². The molecule has 1 aliphatic heterocycles. The fraction of sp³-hybridized carbons (Fsp3) is 0.333. The lowest BCUT2D eigenvalue weighted by molar-refractivity contribution is -0.120. The minimum Gasteiger partial charge on any atom is -0.482 e. The first-order valence-electron chi connectivity index (χ1n) is 5.66. The maximum atomic E-state index is 11.2. The van der Waals surface area contributed by atoms with Gasteiger partial charge in [0.2, 0.25) is 5.91 Å². The number of anilines is 1. The molecule has 0 unspecified atom stereocenters. The molecule has 0 aromatic heterocycles. The van der Waals surface area contributed by atoms with Crippen LogP contribution in [0.4, 0.5) is 5.69 Å². The Kier molecular flexibility index (Phi) is 3.78. The zero-order chi connectivity index (χ0) is 13.0. The number of ether oxygens (including phenoxy) is 1. The predicted octanol–water partition coefficient (Wildman–Crippen LogP) is -0.147. The largest absolute Gasteiger partial charge is 0.482 e. The summed E-state index contributed by atoms with van der Waals surface area (Å²) >= 11 is 0. The molecule has 1 heterocycles. The highest BCUT2D eigenvalue weighted by molar-refractivity contribution is 5.95. The van der Waals surface area contributed by atoms with E-state index in [2.05, 4.69) is 16.0 Å². The third-order valence-corrected chi connectivity index (χ3v) is 2.57. The van der Waals surface area contributed by atoms with E-state index in [1.54, 1.807) is 7.05 Å². The third kappa shape index (κ3) is 2.98. The van der Waals surface area contributed by atoms with Crippen molar-refractivity contribution in [1.82, 2.24) is 10.6 Å². The van der Waals surface area contributed by atoms with E-state index in [4.69, 9.17) is 4.74 Å². The van der Waals surface area contributed by atoms with Crippen molar-refractivity contribution in [3.63, 3.8) is 0 Å². The maximum absolute atomic E-state index is 11.2. The number of carbonyl (C=O) groups is 2. The normalized spacial score (nSPS) is 13.3. The van der Waals surface area contributed by atoms with E-state index in [-0.39, 0.29) is 25.0 Å². The fourth-order valence-corrected chi connectivity index (χ4v) is 1.65. The minimum atomic E-state index is -0.155. The zero-order valence-corrected chi connectivity index (χ0v) is 10.1. The van der Waals surface area contributed by atoms with Crippen LogP contribution in [0.3, 0.4) is 0 Å². The van der Waals surface area contributed by atoms with Crippen molar-refractivity contribution in [2.75, 3.05) is 25.5 Å². The monoisotopic (exact) mass is 249 g/mol. The molecule has 6 nitrogen and oxygen atoms in total. The van der Waals surface area contributed by atoms with Gasteiger partial charge in [0.1, 0.15) is 5.75 Å². The lowest BCUT2D eigenvalue weighted by atomic mass is 10.1. The Morgan fingerprint density at radius 3 is 3.11 bits per heavy atom. The average molecular weight is 249 g/mol. The first-order valence-corrected chi connectivity index (χ1v) is 5.66.